The number of carbonyl (C=O) groups is 1. The van der Waals surface area contributed by atoms with Crippen LogP contribution in [0.15, 0.2) is 22.9 Å². The molecule has 0 saturated carbocycles. The van der Waals surface area contributed by atoms with Crippen LogP contribution in [0, 0.1) is 0 Å². The molecule has 1 amide bonds. The monoisotopic (exact) mass is 265 g/mol. The summed E-state index contributed by atoms with van der Waals surface area (Å²) in [7, 11) is 0. The number of aryl methyl sites for hydroxylation is 1. The number of nitrogens with one attached hydrogen (secondary N) is 1. The third kappa shape index (κ3) is 2.96. The van der Waals surface area contributed by atoms with Crippen LogP contribution in [0.5, 0.6) is 0 Å². The van der Waals surface area contributed by atoms with E-state index in [-0.39, 0.29) is 5.91 Å². The molecule has 0 unspecified atom stereocenters. The lowest BCUT2D eigenvalue weighted by atomic mass is 10.3. The van der Waals surface area contributed by atoms with Gasteiger partial charge in [-0.25, -0.2) is 4.98 Å². The SMILES string of the molecule is CCc1cnc(CNC(=O)c2coc(CN)c2)s1. The third-order valence-corrected chi connectivity index (χ3v) is 3.61. The summed E-state index contributed by atoms with van der Waals surface area (Å²) in [6, 6.07) is 1.65. The highest BCUT2D eigenvalue weighted by Gasteiger charge is 2.10. The molecule has 0 radical (unpaired) electrons. The van der Waals surface area contributed by atoms with Gasteiger partial charge in [0.05, 0.1) is 18.7 Å². The highest BCUT2D eigenvalue weighted by atomic mass is 32.1. The smallest absolute Gasteiger partial charge is 0.254 e. The summed E-state index contributed by atoms with van der Waals surface area (Å²) >= 11 is 1.61. The molecule has 2 rings (SSSR count). The van der Waals surface area contributed by atoms with Gasteiger partial charge in [0.25, 0.3) is 5.91 Å². The third-order valence-electron chi connectivity index (χ3n) is 2.47. The molecule has 0 saturated heterocycles. The average molecular weight is 265 g/mol. The van der Waals surface area contributed by atoms with E-state index < -0.39 is 0 Å². The first kappa shape index (κ1) is 12.8. The molecule has 0 atom stereocenters. The Morgan fingerprint density at radius 1 is 1.61 bits per heavy atom. The highest BCUT2D eigenvalue weighted by Crippen LogP contribution is 2.13. The van der Waals surface area contributed by atoms with Gasteiger partial charge in [-0.1, -0.05) is 6.92 Å². The van der Waals surface area contributed by atoms with Crippen molar-refractivity contribution < 1.29 is 9.21 Å². The van der Waals surface area contributed by atoms with Crippen molar-refractivity contribution in [2.75, 3.05) is 0 Å². The van der Waals surface area contributed by atoms with Gasteiger partial charge >= 0.3 is 0 Å². The lowest BCUT2D eigenvalue weighted by Crippen LogP contribution is -2.22. The maximum atomic E-state index is 11.8. The summed E-state index contributed by atoms with van der Waals surface area (Å²) in [4.78, 5) is 17.2. The van der Waals surface area contributed by atoms with E-state index >= 15 is 0 Å². The minimum absolute atomic E-state index is 0.174. The molecule has 5 nitrogen and oxygen atoms in total. The van der Waals surface area contributed by atoms with Gasteiger partial charge in [-0.2, -0.15) is 0 Å². The van der Waals surface area contributed by atoms with E-state index in [9.17, 15) is 4.79 Å². The summed E-state index contributed by atoms with van der Waals surface area (Å²) in [5, 5.41) is 3.70. The van der Waals surface area contributed by atoms with Crippen molar-refractivity contribution >= 4 is 17.2 Å². The molecule has 0 aliphatic rings. The number of nitrogens with two attached hydrogens (primary N) is 1. The molecule has 18 heavy (non-hydrogen) atoms. The van der Waals surface area contributed by atoms with E-state index in [4.69, 9.17) is 10.2 Å². The Bertz CT molecular complexity index is 533. The van der Waals surface area contributed by atoms with E-state index in [2.05, 4.69) is 17.2 Å². The number of furan rings is 1. The van der Waals surface area contributed by atoms with Crippen molar-refractivity contribution in [1.29, 1.82) is 0 Å². The van der Waals surface area contributed by atoms with Gasteiger partial charge in [-0.3, -0.25) is 4.79 Å². The van der Waals surface area contributed by atoms with Crippen molar-refractivity contribution in [2.45, 2.75) is 26.4 Å². The van der Waals surface area contributed by atoms with Crippen molar-refractivity contribution in [3.63, 3.8) is 0 Å². The fourth-order valence-electron chi connectivity index (χ4n) is 1.46. The molecule has 2 heterocycles. The number of hydrogen-bond acceptors (Lipinski definition) is 5. The number of hydrogen-bond donors (Lipinski definition) is 2. The van der Waals surface area contributed by atoms with Gasteiger partial charge in [0, 0.05) is 11.1 Å². The number of aromatic nitrogens is 1. The molecule has 0 fully saturated rings. The first-order valence-corrected chi connectivity index (χ1v) is 6.53. The Morgan fingerprint density at radius 2 is 2.44 bits per heavy atom. The molecule has 0 aromatic carbocycles. The average Bonchev–Trinajstić information content (AvgIpc) is 3.04. The molecule has 2 aromatic heterocycles. The maximum Gasteiger partial charge on any atom is 0.254 e. The van der Waals surface area contributed by atoms with Crippen LogP contribution in [0.1, 0.15) is 32.9 Å². The van der Waals surface area contributed by atoms with Crippen LogP contribution in [-0.2, 0) is 19.5 Å². The predicted octanol–water partition coefficient (Wildman–Crippen LogP) is 1.69. The second-order valence-corrected chi connectivity index (χ2v) is 4.96. The largest absolute Gasteiger partial charge is 0.467 e. The number of amides is 1. The Labute approximate surface area is 109 Å². The summed E-state index contributed by atoms with van der Waals surface area (Å²) in [6.45, 7) is 2.81. The van der Waals surface area contributed by atoms with E-state index in [1.807, 2.05) is 6.20 Å². The van der Waals surface area contributed by atoms with Crippen LogP contribution in [0.25, 0.3) is 0 Å². The molecule has 6 heteroatoms. The van der Waals surface area contributed by atoms with Gasteiger partial charge in [0.1, 0.15) is 17.0 Å². The zero-order valence-electron chi connectivity index (χ0n) is 10.1. The van der Waals surface area contributed by atoms with Gasteiger partial charge < -0.3 is 15.5 Å². The molecule has 0 aliphatic heterocycles. The molecular weight excluding hydrogens is 250 g/mol. The van der Waals surface area contributed by atoms with Gasteiger partial charge in [-0.15, -0.1) is 11.3 Å². The number of nitrogens with zero attached hydrogens (tertiary/aromatic N) is 1. The second-order valence-electron chi connectivity index (χ2n) is 3.76. The summed E-state index contributed by atoms with van der Waals surface area (Å²) in [6.07, 6.45) is 4.22. The fraction of sp³-hybridized carbons (Fsp3) is 0.333. The minimum atomic E-state index is -0.174. The summed E-state index contributed by atoms with van der Waals surface area (Å²) < 4.78 is 5.11. The maximum absolute atomic E-state index is 11.8. The van der Waals surface area contributed by atoms with Crippen molar-refractivity contribution in [3.8, 4) is 0 Å². The molecular formula is C12H15N3O2S. The lowest BCUT2D eigenvalue weighted by Gasteiger charge is -1.99. The van der Waals surface area contributed by atoms with Gasteiger partial charge in [0.2, 0.25) is 0 Å². The predicted molar refractivity (Wildman–Crippen MR) is 69.3 cm³/mol. The van der Waals surface area contributed by atoms with E-state index in [0.29, 0.717) is 24.4 Å². The lowest BCUT2D eigenvalue weighted by molar-refractivity contribution is 0.0950. The highest BCUT2D eigenvalue weighted by molar-refractivity contribution is 7.11. The Morgan fingerprint density at radius 3 is 3.06 bits per heavy atom. The van der Waals surface area contributed by atoms with E-state index in [1.54, 1.807) is 17.4 Å². The van der Waals surface area contributed by atoms with Crippen LogP contribution >= 0.6 is 11.3 Å². The topological polar surface area (TPSA) is 81.2 Å². The molecule has 0 spiro atoms. The molecule has 3 N–H and O–H groups in total. The van der Waals surface area contributed by atoms with Gasteiger partial charge in [-0.05, 0) is 12.5 Å². The van der Waals surface area contributed by atoms with Gasteiger partial charge in [0.15, 0.2) is 0 Å². The standard InChI is InChI=1S/C12H15N3O2S/c1-2-10-5-14-11(18-10)6-15-12(16)8-3-9(4-13)17-7-8/h3,5,7H,2,4,6,13H2,1H3,(H,15,16). The second kappa shape index (κ2) is 5.79. The molecule has 2 aromatic rings. The molecule has 0 aliphatic carbocycles. The minimum Gasteiger partial charge on any atom is -0.467 e. The Hall–Kier alpha value is -1.66. The van der Waals surface area contributed by atoms with E-state index in [0.717, 1.165) is 11.4 Å². The van der Waals surface area contributed by atoms with Crippen LogP contribution in [0.4, 0.5) is 0 Å². The Balaban J connectivity index is 1.91. The number of rotatable bonds is 5. The summed E-state index contributed by atoms with van der Waals surface area (Å²) in [5.74, 6) is 0.425. The summed E-state index contributed by atoms with van der Waals surface area (Å²) in [5.41, 5.74) is 5.90. The van der Waals surface area contributed by atoms with Crippen molar-refractivity contribution in [2.24, 2.45) is 5.73 Å². The fourth-order valence-corrected chi connectivity index (χ4v) is 2.26. The zero-order valence-corrected chi connectivity index (χ0v) is 10.9. The first-order chi connectivity index (χ1) is 8.72. The number of thiazole rings is 1. The van der Waals surface area contributed by atoms with Crippen LogP contribution in [-0.4, -0.2) is 10.9 Å². The van der Waals surface area contributed by atoms with Crippen LogP contribution in [0.2, 0.25) is 0 Å². The van der Waals surface area contributed by atoms with Crippen LogP contribution in [0.3, 0.4) is 0 Å². The Kier molecular flexibility index (Phi) is 4.11. The van der Waals surface area contributed by atoms with Crippen molar-refractivity contribution in [1.82, 2.24) is 10.3 Å². The van der Waals surface area contributed by atoms with E-state index in [1.165, 1.54) is 11.1 Å². The van der Waals surface area contributed by atoms with Crippen LogP contribution < -0.4 is 11.1 Å². The first-order valence-electron chi connectivity index (χ1n) is 5.72. The normalized spacial score (nSPS) is 10.6. The number of carbonyl (C=O) groups excluding carboxylic acids is 1. The van der Waals surface area contributed by atoms with Crippen molar-refractivity contribution in [3.05, 3.63) is 39.7 Å². The molecule has 96 valence electrons. The quantitative estimate of drug-likeness (QED) is 0.862. The zero-order chi connectivity index (χ0) is 13.0. The molecule has 0 bridgehead atoms.